The average Bonchev–Trinajstić information content (AvgIpc) is 2.79. The standard InChI is InChI=1S/C26H29NO5S/c1-5-31-22-13-11-21(12-14-22)27(33(29,30)24-9-7-6-8-10-24)26(28)18-32-23-15-16-25(19(2)3)20(4)17-23/h6-17,19H,5,18H2,1-4H3. The first-order valence-electron chi connectivity index (χ1n) is 10.8. The van der Waals surface area contributed by atoms with Crippen molar-refractivity contribution in [3.63, 3.8) is 0 Å². The zero-order valence-electron chi connectivity index (χ0n) is 19.3. The van der Waals surface area contributed by atoms with Crippen molar-refractivity contribution in [2.75, 3.05) is 17.5 Å². The maximum atomic E-state index is 13.4. The minimum Gasteiger partial charge on any atom is -0.494 e. The number of amides is 1. The minimum atomic E-state index is -4.15. The summed E-state index contributed by atoms with van der Waals surface area (Å²) in [5.41, 5.74) is 2.45. The van der Waals surface area contributed by atoms with Gasteiger partial charge in [-0.3, -0.25) is 4.79 Å². The summed E-state index contributed by atoms with van der Waals surface area (Å²) in [6.07, 6.45) is 0. The second-order valence-corrected chi connectivity index (χ2v) is 9.65. The van der Waals surface area contributed by atoms with Crippen LogP contribution >= 0.6 is 0 Å². The highest BCUT2D eigenvalue weighted by molar-refractivity contribution is 7.93. The first-order valence-corrected chi connectivity index (χ1v) is 12.3. The number of hydrogen-bond donors (Lipinski definition) is 0. The monoisotopic (exact) mass is 467 g/mol. The van der Waals surface area contributed by atoms with Crippen LogP contribution in [0.15, 0.2) is 77.7 Å². The average molecular weight is 468 g/mol. The van der Waals surface area contributed by atoms with Crippen LogP contribution < -0.4 is 13.8 Å². The van der Waals surface area contributed by atoms with Crippen molar-refractivity contribution in [2.45, 2.75) is 38.5 Å². The summed E-state index contributed by atoms with van der Waals surface area (Å²) in [4.78, 5) is 13.2. The van der Waals surface area contributed by atoms with Crippen molar-refractivity contribution in [1.29, 1.82) is 0 Å². The molecule has 0 saturated heterocycles. The zero-order valence-corrected chi connectivity index (χ0v) is 20.1. The number of aryl methyl sites for hydroxylation is 1. The Bertz CT molecular complexity index is 1190. The summed E-state index contributed by atoms with van der Waals surface area (Å²) in [6, 6.07) is 19.8. The van der Waals surface area contributed by atoms with Gasteiger partial charge in [-0.15, -0.1) is 0 Å². The molecule has 0 spiro atoms. The number of nitrogens with zero attached hydrogens (tertiary/aromatic N) is 1. The maximum Gasteiger partial charge on any atom is 0.278 e. The van der Waals surface area contributed by atoms with E-state index < -0.39 is 22.5 Å². The van der Waals surface area contributed by atoms with Gasteiger partial charge in [-0.2, -0.15) is 4.31 Å². The summed E-state index contributed by atoms with van der Waals surface area (Å²) < 4.78 is 38.7. The van der Waals surface area contributed by atoms with Gasteiger partial charge in [0.15, 0.2) is 6.61 Å². The van der Waals surface area contributed by atoms with Gasteiger partial charge in [-0.05, 0) is 79.4 Å². The molecule has 3 aromatic rings. The molecule has 3 aromatic carbocycles. The molecule has 0 N–H and O–H groups in total. The van der Waals surface area contributed by atoms with Gasteiger partial charge >= 0.3 is 0 Å². The van der Waals surface area contributed by atoms with Crippen molar-refractivity contribution < 1.29 is 22.7 Å². The quantitative estimate of drug-likeness (QED) is 0.426. The molecule has 0 radical (unpaired) electrons. The van der Waals surface area contributed by atoms with E-state index in [1.807, 2.05) is 26.0 Å². The van der Waals surface area contributed by atoms with E-state index in [0.29, 0.717) is 24.0 Å². The molecule has 0 bridgehead atoms. The van der Waals surface area contributed by atoms with Crippen LogP contribution in [0.5, 0.6) is 11.5 Å². The molecule has 7 heteroatoms. The molecule has 0 fully saturated rings. The van der Waals surface area contributed by atoms with E-state index in [2.05, 4.69) is 13.8 Å². The van der Waals surface area contributed by atoms with E-state index >= 15 is 0 Å². The predicted octanol–water partition coefficient (Wildman–Crippen LogP) is 5.32. The molecule has 6 nitrogen and oxygen atoms in total. The van der Waals surface area contributed by atoms with Gasteiger partial charge in [-0.1, -0.05) is 38.1 Å². The van der Waals surface area contributed by atoms with E-state index in [1.165, 1.54) is 17.7 Å². The first kappa shape index (κ1) is 24.3. The van der Waals surface area contributed by atoms with Crippen LogP contribution in [0.1, 0.15) is 37.8 Å². The first-order chi connectivity index (χ1) is 15.7. The van der Waals surface area contributed by atoms with E-state index in [4.69, 9.17) is 9.47 Å². The summed E-state index contributed by atoms with van der Waals surface area (Å²) >= 11 is 0. The Kier molecular flexibility index (Phi) is 7.76. The van der Waals surface area contributed by atoms with Gasteiger partial charge in [0.05, 0.1) is 17.2 Å². The van der Waals surface area contributed by atoms with E-state index in [-0.39, 0.29) is 10.6 Å². The van der Waals surface area contributed by atoms with Crippen LogP contribution in [0.3, 0.4) is 0 Å². The zero-order chi connectivity index (χ0) is 24.0. The Hall–Kier alpha value is -3.32. The van der Waals surface area contributed by atoms with E-state index in [9.17, 15) is 13.2 Å². The molecule has 0 heterocycles. The highest BCUT2D eigenvalue weighted by Gasteiger charge is 2.31. The lowest BCUT2D eigenvalue weighted by molar-refractivity contribution is -0.119. The largest absolute Gasteiger partial charge is 0.494 e. The van der Waals surface area contributed by atoms with Gasteiger partial charge in [0.1, 0.15) is 11.5 Å². The van der Waals surface area contributed by atoms with Gasteiger partial charge in [0.2, 0.25) is 0 Å². The fourth-order valence-corrected chi connectivity index (χ4v) is 4.98. The Morgan fingerprint density at radius 1 is 0.909 bits per heavy atom. The molecule has 3 rings (SSSR count). The number of ether oxygens (including phenoxy) is 2. The molecule has 174 valence electrons. The van der Waals surface area contributed by atoms with Crippen LogP contribution in [-0.4, -0.2) is 27.5 Å². The lowest BCUT2D eigenvalue weighted by Gasteiger charge is -2.23. The third kappa shape index (κ3) is 5.73. The molecule has 0 unspecified atom stereocenters. The lowest BCUT2D eigenvalue weighted by atomic mass is 9.98. The Labute approximate surface area is 195 Å². The number of hydrogen-bond acceptors (Lipinski definition) is 5. The Balaban J connectivity index is 1.90. The van der Waals surface area contributed by atoms with Crippen LogP contribution in [0.25, 0.3) is 0 Å². The summed E-state index contributed by atoms with van der Waals surface area (Å²) in [7, 11) is -4.15. The van der Waals surface area contributed by atoms with Crippen LogP contribution in [-0.2, 0) is 14.8 Å². The van der Waals surface area contributed by atoms with Gasteiger partial charge in [0, 0.05) is 0 Å². The van der Waals surface area contributed by atoms with Crippen molar-refractivity contribution in [1.82, 2.24) is 0 Å². The van der Waals surface area contributed by atoms with Crippen LogP contribution in [0.2, 0.25) is 0 Å². The smallest absolute Gasteiger partial charge is 0.278 e. The van der Waals surface area contributed by atoms with Crippen LogP contribution in [0, 0.1) is 6.92 Å². The van der Waals surface area contributed by atoms with Gasteiger partial charge in [0.25, 0.3) is 15.9 Å². The molecule has 0 saturated carbocycles. The second kappa shape index (κ2) is 10.5. The highest BCUT2D eigenvalue weighted by Crippen LogP contribution is 2.27. The van der Waals surface area contributed by atoms with Crippen molar-refractivity contribution in [3.05, 3.63) is 83.9 Å². The number of benzene rings is 3. The van der Waals surface area contributed by atoms with Gasteiger partial charge in [-0.25, -0.2) is 8.42 Å². The van der Waals surface area contributed by atoms with Crippen molar-refractivity contribution in [2.24, 2.45) is 0 Å². The lowest BCUT2D eigenvalue weighted by Crippen LogP contribution is -2.40. The summed E-state index contributed by atoms with van der Waals surface area (Å²) in [6.45, 7) is 8.10. The number of rotatable bonds is 9. The predicted molar refractivity (Wildman–Crippen MR) is 129 cm³/mol. The normalized spacial score (nSPS) is 11.3. The Morgan fingerprint density at radius 2 is 1.55 bits per heavy atom. The summed E-state index contributed by atoms with van der Waals surface area (Å²) in [5.74, 6) is 0.761. The number of carbonyl (C=O) groups is 1. The molecule has 0 aliphatic heterocycles. The fraction of sp³-hybridized carbons (Fsp3) is 0.269. The van der Waals surface area contributed by atoms with Crippen molar-refractivity contribution >= 4 is 21.6 Å². The molecule has 0 aromatic heterocycles. The third-order valence-corrected chi connectivity index (χ3v) is 6.88. The maximum absolute atomic E-state index is 13.4. The van der Waals surface area contributed by atoms with Crippen molar-refractivity contribution in [3.8, 4) is 11.5 Å². The van der Waals surface area contributed by atoms with E-state index in [0.717, 1.165) is 9.87 Å². The SMILES string of the molecule is CCOc1ccc(N(C(=O)COc2ccc(C(C)C)c(C)c2)S(=O)(=O)c2ccccc2)cc1. The van der Waals surface area contributed by atoms with E-state index in [1.54, 1.807) is 48.5 Å². The molecular formula is C26H29NO5S. The topological polar surface area (TPSA) is 72.9 Å². The molecule has 1 amide bonds. The molecular weight excluding hydrogens is 438 g/mol. The molecule has 0 aliphatic carbocycles. The number of sulfonamides is 1. The second-order valence-electron chi connectivity index (χ2n) is 7.86. The van der Waals surface area contributed by atoms with Crippen LogP contribution in [0.4, 0.5) is 5.69 Å². The number of carbonyl (C=O) groups excluding carboxylic acids is 1. The molecule has 0 aliphatic rings. The fourth-order valence-electron chi connectivity index (χ4n) is 3.55. The number of anilines is 1. The summed E-state index contributed by atoms with van der Waals surface area (Å²) in [5, 5.41) is 0. The molecule has 33 heavy (non-hydrogen) atoms. The highest BCUT2D eigenvalue weighted by atomic mass is 32.2. The third-order valence-electron chi connectivity index (χ3n) is 5.12. The minimum absolute atomic E-state index is 0.0179. The van der Waals surface area contributed by atoms with Gasteiger partial charge < -0.3 is 9.47 Å². The molecule has 0 atom stereocenters. The Morgan fingerprint density at radius 3 is 2.12 bits per heavy atom.